The minimum absolute atomic E-state index is 0.0546. The lowest BCUT2D eigenvalue weighted by Gasteiger charge is -2.20. The van der Waals surface area contributed by atoms with Crippen LogP contribution in [-0.2, 0) is 20.6 Å². The number of hydrogen-bond donors (Lipinski definition) is 2. The van der Waals surface area contributed by atoms with E-state index in [0.29, 0.717) is 11.1 Å². The molecule has 1 amide bonds. The largest absolute Gasteiger partial charge is 0.369 e. The van der Waals surface area contributed by atoms with Gasteiger partial charge >= 0.3 is 0 Å². The molecule has 0 atom stereocenters. The van der Waals surface area contributed by atoms with E-state index in [0.717, 1.165) is 0 Å². The summed E-state index contributed by atoms with van der Waals surface area (Å²) in [5, 5.41) is 8.66. The molecule has 108 valence electrons. The van der Waals surface area contributed by atoms with Crippen molar-refractivity contribution in [2.45, 2.75) is 19.6 Å². The van der Waals surface area contributed by atoms with Crippen molar-refractivity contribution < 1.29 is 13.2 Å². The zero-order chi connectivity index (χ0) is 15.4. The van der Waals surface area contributed by atoms with Crippen molar-refractivity contribution in [2.75, 3.05) is 6.54 Å². The molecular formula is C13H17N3O3S. The van der Waals surface area contributed by atoms with Crippen molar-refractivity contribution >= 4 is 15.9 Å². The van der Waals surface area contributed by atoms with Crippen LogP contribution in [0.2, 0.25) is 0 Å². The first-order chi connectivity index (χ1) is 9.16. The number of rotatable bonds is 6. The van der Waals surface area contributed by atoms with Gasteiger partial charge in [0, 0.05) is 6.54 Å². The van der Waals surface area contributed by atoms with Crippen molar-refractivity contribution in [3.05, 3.63) is 35.4 Å². The third kappa shape index (κ3) is 4.64. The predicted octanol–water partition coefficient (Wildman–Crippen LogP) is 0.489. The van der Waals surface area contributed by atoms with Crippen LogP contribution < -0.4 is 10.5 Å². The number of sulfonamides is 1. The summed E-state index contributed by atoms with van der Waals surface area (Å²) in [5.41, 5.74) is 5.26. The average Bonchev–Trinajstić information content (AvgIpc) is 2.37. The summed E-state index contributed by atoms with van der Waals surface area (Å²) < 4.78 is 26.2. The molecule has 0 heterocycles. The Bertz CT molecular complexity index is 628. The Labute approximate surface area is 118 Å². The van der Waals surface area contributed by atoms with Gasteiger partial charge in [0.25, 0.3) is 0 Å². The summed E-state index contributed by atoms with van der Waals surface area (Å²) in [6.45, 7) is 3.08. The molecule has 0 fully saturated rings. The van der Waals surface area contributed by atoms with Crippen LogP contribution in [0.15, 0.2) is 24.3 Å². The molecule has 0 saturated heterocycles. The molecule has 6 nitrogen and oxygen atoms in total. The van der Waals surface area contributed by atoms with Crippen LogP contribution in [0.4, 0.5) is 0 Å². The molecule has 1 aromatic rings. The Morgan fingerprint density at radius 1 is 1.35 bits per heavy atom. The van der Waals surface area contributed by atoms with Crippen LogP contribution in [0, 0.1) is 16.7 Å². The van der Waals surface area contributed by atoms with Gasteiger partial charge in [-0.2, -0.15) is 5.26 Å². The summed E-state index contributed by atoms with van der Waals surface area (Å²) in [4.78, 5) is 11.1. The van der Waals surface area contributed by atoms with Crippen LogP contribution in [0.3, 0.4) is 0 Å². The number of amides is 1. The summed E-state index contributed by atoms with van der Waals surface area (Å²) in [5.74, 6) is -0.785. The highest BCUT2D eigenvalue weighted by molar-refractivity contribution is 7.88. The van der Waals surface area contributed by atoms with Crippen LogP contribution in [-0.4, -0.2) is 20.9 Å². The van der Waals surface area contributed by atoms with Crippen molar-refractivity contribution in [2.24, 2.45) is 11.1 Å². The fourth-order valence-corrected chi connectivity index (χ4v) is 2.64. The topological polar surface area (TPSA) is 113 Å². The lowest BCUT2D eigenvalue weighted by Crippen LogP contribution is -2.42. The molecule has 1 aromatic carbocycles. The van der Waals surface area contributed by atoms with Gasteiger partial charge in [-0.15, -0.1) is 0 Å². The quantitative estimate of drug-likeness (QED) is 0.795. The number of nitriles is 1. The van der Waals surface area contributed by atoms with Gasteiger partial charge in [-0.25, -0.2) is 13.1 Å². The van der Waals surface area contributed by atoms with Gasteiger partial charge in [0.15, 0.2) is 0 Å². The third-order valence-corrected chi connectivity index (χ3v) is 4.14. The second kappa shape index (κ2) is 6.03. The molecule has 7 heteroatoms. The van der Waals surface area contributed by atoms with E-state index in [-0.39, 0.29) is 12.3 Å². The van der Waals surface area contributed by atoms with Gasteiger partial charge in [0.05, 0.1) is 22.8 Å². The van der Waals surface area contributed by atoms with E-state index in [1.54, 1.807) is 38.1 Å². The first kappa shape index (κ1) is 16.1. The monoisotopic (exact) mass is 295 g/mol. The Kier molecular flexibility index (Phi) is 4.87. The molecule has 0 radical (unpaired) electrons. The number of carbonyl (C=O) groups is 1. The van der Waals surface area contributed by atoms with Crippen LogP contribution in [0.5, 0.6) is 0 Å². The van der Waals surface area contributed by atoms with E-state index < -0.39 is 21.3 Å². The summed E-state index contributed by atoms with van der Waals surface area (Å²) in [6, 6.07) is 8.23. The van der Waals surface area contributed by atoms with Crippen molar-refractivity contribution in [3.63, 3.8) is 0 Å². The van der Waals surface area contributed by atoms with Crippen molar-refractivity contribution in [1.82, 2.24) is 4.72 Å². The molecular weight excluding hydrogens is 278 g/mol. The highest BCUT2D eigenvalue weighted by Crippen LogP contribution is 2.13. The Morgan fingerprint density at radius 2 is 1.90 bits per heavy atom. The van der Waals surface area contributed by atoms with E-state index in [1.807, 2.05) is 6.07 Å². The first-order valence-electron chi connectivity index (χ1n) is 5.92. The third-order valence-electron chi connectivity index (χ3n) is 2.84. The van der Waals surface area contributed by atoms with Gasteiger partial charge in [-0.05, 0) is 31.5 Å². The number of benzene rings is 1. The summed E-state index contributed by atoms with van der Waals surface area (Å²) in [7, 11) is -3.56. The zero-order valence-electron chi connectivity index (χ0n) is 11.4. The minimum Gasteiger partial charge on any atom is -0.369 e. The molecule has 0 aliphatic carbocycles. The molecule has 0 aromatic heterocycles. The maximum Gasteiger partial charge on any atom is 0.224 e. The Balaban J connectivity index is 2.71. The molecule has 3 N–H and O–H groups in total. The molecule has 0 bridgehead atoms. The normalized spacial score (nSPS) is 11.8. The smallest absolute Gasteiger partial charge is 0.224 e. The second-order valence-electron chi connectivity index (χ2n) is 5.14. The van der Waals surface area contributed by atoms with Crippen molar-refractivity contribution in [3.8, 4) is 6.07 Å². The predicted molar refractivity (Wildman–Crippen MR) is 74.8 cm³/mol. The Hall–Kier alpha value is -1.91. The van der Waals surface area contributed by atoms with E-state index >= 15 is 0 Å². The average molecular weight is 295 g/mol. The Morgan fingerprint density at radius 3 is 2.35 bits per heavy atom. The minimum atomic E-state index is -3.56. The lowest BCUT2D eigenvalue weighted by atomic mass is 9.93. The fraction of sp³-hybridized carbons (Fsp3) is 0.385. The molecule has 0 aliphatic rings. The molecule has 1 rings (SSSR count). The molecule has 0 aliphatic heterocycles. The number of carbonyl (C=O) groups excluding carboxylic acids is 1. The van der Waals surface area contributed by atoms with Crippen LogP contribution in [0.1, 0.15) is 25.0 Å². The molecule has 0 unspecified atom stereocenters. The van der Waals surface area contributed by atoms with Gasteiger partial charge in [0.2, 0.25) is 15.9 Å². The molecule has 0 saturated carbocycles. The van der Waals surface area contributed by atoms with Crippen LogP contribution >= 0.6 is 0 Å². The summed E-state index contributed by atoms with van der Waals surface area (Å²) in [6.07, 6.45) is 0. The van der Waals surface area contributed by atoms with Crippen molar-refractivity contribution in [1.29, 1.82) is 5.26 Å². The number of hydrogen-bond acceptors (Lipinski definition) is 4. The number of primary amides is 1. The van der Waals surface area contributed by atoms with Gasteiger partial charge in [-0.3, -0.25) is 4.79 Å². The highest BCUT2D eigenvalue weighted by atomic mass is 32.2. The fourth-order valence-electron chi connectivity index (χ4n) is 1.32. The first-order valence-corrected chi connectivity index (χ1v) is 7.58. The van der Waals surface area contributed by atoms with Gasteiger partial charge in [0.1, 0.15) is 0 Å². The summed E-state index contributed by atoms with van der Waals surface area (Å²) >= 11 is 0. The van der Waals surface area contributed by atoms with Gasteiger partial charge < -0.3 is 5.73 Å². The molecule has 20 heavy (non-hydrogen) atoms. The van der Waals surface area contributed by atoms with E-state index in [4.69, 9.17) is 11.0 Å². The SMILES string of the molecule is CC(C)(CNS(=O)(=O)Cc1ccc(C#N)cc1)C(N)=O. The lowest BCUT2D eigenvalue weighted by molar-refractivity contribution is -0.125. The van der Waals surface area contributed by atoms with E-state index in [9.17, 15) is 13.2 Å². The van der Waals surface area contributed by atoms with Gasteiger partial charge in [-0.1, -0.05) is 12.1 Å². The molecule has 0 spiro atoms. The number of nitrogens with one attached hydrogen (secondary N) is 1. The maximum atomic E-state index is 11.9. The second-order valence-corrected chi connectivity index (χ2v) is 6.94. The highest BCUT2D eigenvalue weighted by Gasteiger charge is 2.27. The number of nitrogens with two attached hydrogens (primary N) is 1. The van der Waals surface area contributed by atoms with Crippen LogP contribution in [0.25, 0.3) is 0 Å². The maximum absolute atomic E-state index is 11.9. The number of nitrogens with zero attached hydrogens (tertiary/aromatic N) is 1. The standard InChI is InChI=1S/C13H17N3O3S/c1-13(2,12(15)17)9-16-20(18,19)8-11-5-3-10(7-14)4-6-11/h3-6,16H,8-9H2,1-2H3,(H2,15,17). The van der Waals surface area contributed by atoms with E-state index in [2.05, 4.69) is 4.72 Å². The zero-order valence-corrected chi connectivity index (χ0v) is 12.2. The van der Waals surface area contributed by atoms with E-state index in [1.165, 1.54) is 0 Å².